The standard InChI is InChI=1S/C25H32IN8O3P.C2H6/c1-13(12-35)33-21-11-31(5)10-14(2)37-25-22(15(3)28-32(25)6)20-9-18-19(8-7-17(21)24(36)30-33)29-34(38-26)23(18)16(4)27-20;1-2/h7-9,13-14,35,38H,10-12H2,1-6H3,(H,30,36);1-2H3/b8-7+;. The predicted molar refractivity (Wildman–Crippen MR) is 170 cm³/mol. The summed E-state index contributed by atoms with van der Waals surface area (Å²) in [4.78, 5) is 20.2. The number of halogens is 1. The summed E-state index contributed by atoms with van der Waals surface area (Å²) in [6.07, 6.45) is 3.95. The van der Waals surface area contributed by atoms with E-state index in [1.807, 2.05) is 78.3 Å². The lowest BCUT2D eigenvalue weighted by Gasteiger charge is -2.24. The van der Waals surface area contributed by atoms with E-state index in [-0.39, 0.29) is 24.3 Å². The van der Waals surface area contributed by atoms with E-state index in [9.17, 15) is 9.90 Å². The molecular weight excluding hydrogens is 642 g/mol. The first-order chi connectivity index (χ1) is 19.1. The van der Waals surface area contributed by atoms with E-state index in [0.29, 0.717) is 30.9 Å². The molecule has 1 aliphatic heterocycles. The largest absolute Gasteiger partial charge is 0.473 e. The fourth-order valence-corrected chi connectivity index (χ4v) is 6.72. The fraction of sp³-hybridized carbons (Fsp3) is 0.481. The highest BCUT2D eigenvalue weighted by Gasteiger charge is 2.25. The number of H-pyrrole nitrogens is 1. The lowest BCUT2D eigenvalue weighted by atomic mass is 10.1. The number of aromatic nitrogens is 7. The molecule has 40 heavy (non-hydrogen) atoms. The Bertz CT molecular complexity index is 1600. The van der Waals surface area contributed by atoms with Gasteiger partial charge in [0.25, 0.3) is 5.56 Å². The zero-order chi connectivity index (χ0) is 29.3. The van der Waals surface area contributed by atoms with Crippen LogP contribution in [0.4, 0.5) is 0 Å². The molecule has 0 aliphatic carbocycles. The Hall–Kier alpha value is -2.54. The molecule has 3 unspecified atom stereocenters. The third kappa shape index (κ3) is 5.63. The smallest absolute Gasteiger partial charge is 0.271 e. The molecule has 3 atom stereocenters. The van der Waals surface area contributed by atoms with Crippen LogP contribution in [0.1, 0.15) is 62.1 Å². The molecule has 0 amide bonds. The Morgan fingerprint density at radius 2 is 1.95 bits per heavy atom. The number of ether oxygens (including phenoxy) is 1. The molecule has 13 heteroatoms. The highest BCUT2D eigenvalue weighted by Crippen LogP contribution is 2.38. The number of aliphatic hydroxyl groups excluding tert-OH is 1. The summed E-state index contributed by atoms with van der Waals surface area (Å²) >= 11 is 2.32. The Labute approximate surface area is 248 Å². The number of nitrogens with zero attached hydrogens (tertiary/aromatic N) is 7. The summed E-state index contributed by atoms with van der Waals surface area (Å²) in [5.74, 6) is 0.665. The monoisotopic (exact) mass is 680 g/mol. The maximum atomic E-state index is 13.1. The summed E-state index contributed by atoms with van der Waals surface area (Å²) in [5.41, 5.74) is 6.20. The van der Waals surface area contributed by atoms with E-state index >= 15 is 0 Å². The number of hydrogen-bond donors (Lipinski definition) is 2. The van der Waals surface area contributed by atoms with Crippen LogP contribution < -0.4 is 10.3 Å². The van der Waals surface area contributed by atoms with Gasteiger partial charge in [-0.05, 0) is 75.0 Å². The number of nitrogens with one attached hydrogen (secondary N) is 1. The molecule has 216 valence electrons. The zero-order valence-corrected chi connectivity index (χ0v) is 27.4. The van der Waals surface area contributed by atoms with Crippen LogP contribution in [0.3, 0.4) is 0 Å². The van der Waals surface area contributed by atoms with Crippen LogP contribution in [0.5, 0.6) is 5.88 Å². The highest BCUT2D eigenvalue weighted by molar-refractivity contribution is 14.2. The highest BCUT2D eigenvalue weighted by atomic mass is 127. The maximum absolute atomic E-state index is 13.1. The van der Waals surface area contributed by atoms with Crippen molar-refractivity contribution in [3.63, 3.8) is 0 Å². The topological polar surface area (TPSA) is 119 Å². The Morgan fingerprint density at radius 1 is 1.23 bits per heavy atom. The Kier molecular flexibility index (Phi) is 9.54. The van der Waals surface area contributed by atoms with E-state index in [4.69, 9.17) is 14.8 Å². The third-order valence-electron chi connectivity index (χ3n) is 6.85. The van der Waals surface area contributed by atoms with Gasteiger partial charge in [0.1, 0.15) is 6.10 Å². The van der Waals surface area contributed by atoms with Gasteiger partial charge in [0.05, 0.1) is 64.1 Å². The summed E-state index contributed by atoms with van der Waals surface area (Å²) in [6, 6.07) is 1.76. The molecule has 0 aromatic carbocycles. The van der Waals surface area contributed by atoms with Crippen molar-refractivity contribution in [2.45, 2.75) is 60.2 Å². The molecule has 4 aromatic rings. The second-order valence-corrected chi connectivity index (χ2v) is 12.0. The van der Waals surface area contributed by atoms with Gasteiger partial charge < -0.3 is 9.84 Å². The summed E-state index contributed by atoms with van der Waals surface area (Å²) in [5, 5.41) is 23.2. The molecule has 0 spiro atoms. The summed E-state index contributed by atoms with van der Waals surface area (Å²) in [7, 11) is 3.87. The van der Waals surface area contributed by atoms with Gasteiger partial charge >= 0.3 is 0 Å². The van der Waals surface area contributed by atoms with Crippen molar-refractivity contribution < 1.29 is 9.84 Å². The van der Waals surface area contributed by atoms with Crippen molar-refractivity contribution in [2.24, 2.45) is 7.05 Å². The van der Waals surface area contributed by atoms with E-state index in [2.05, 4.69) is 37.1 Å². The van der Waals surface area contributed by atoms with Crippen LogP contribution in [0.25, 0.3) is 34.3 Å². The first-order valence-electron chi connectivity index (χ1n) is 13.4. The number of aryl methyl sites for hydroxylation is 3. The maximum Gasteiger partial charge on any atom is 0.271 e. The Balaban J connectivity index is 0.00000181. The van der Waals surface area contributed by atoms with Crippen LogP contribution in [-0.4, -0.2) is 70.4 Å². The van der Waals surface area contributed by atoms with Crippen LogP contribution in [0.2, 0.25) is 0 Å². The first-order valence-corrected chi connectivity index (χ1v) is 17.5. The number of fused-ring (bicyclic) bond motifs is 4. The molecule has 5 heterocycles. The number of likely N-dealkylation sites (N-methyl/N-ethyl adjacent to an activating group) is 1. The van der Waals surface area contributed by atoms with Gasteiger partial charge in [0.2, 0.25) is 5.88 Å². The molecule has 2 N–H and O–H groups in total. The van der Waals surface area contributed by atoms with Crippen molar-refractivity contribution in [2.75, 3.05) is 20.2 Å². The fourth-order valence-electron chi connectivity index (χ4n) is 5.16. The van der Waals surface area contributed by atoms with Crippen LogP contribution in [0.15, 0.2) is 10.9 Å². The number of aliphatic hydroxyl groups is 1. The molecule has 0 saturated heterocycles. The zero-order valence-electron chi connectivity index (χ0n) is 24.3. The van der Waals surface area contributed by atoms with Crippen LogP contribution in [0, 0.1) is 13.8 Å². The van der Waals surface area contributed by atoms with Crippen LogP contribution in [-0.2, 0) is 13.6 Å². The van der Waals surface area contributed by atoms with Gasteiger partial charge in [-0.1, -0.05) is 13.8 Å². The molecule has 0 saturated carbocycles. The van der Waals surface area contributed by atoms with Gasteiger partial charge in [-0.2, -0.15) is 10.2 Å². The first kappa shape index (κ1) is 30.4. The number of hydrogen-bond acceptors (Lipinski definition) is 7. The molecule has 0 fully saturated rings. The molecular formula is C27H38IN8O3P. The number of aromatic amines is 1. The lowest BCUT2D eigenvalue weighted by Crippen LogP contribution is -2.32. The minimum atomic E-state index is -0.277. The van der Waals surface area contributed by atoms with Crippen molar-refractivity contribution >= 4 is 51.5 Å². The predicted octanol–water partition coefficient (Wildman–Crippen LogP) is 4.69. The third-order valence-corrected chi connectivity index (χ3v) is 8.71. The average Bonchev–Trinajstić information content (AvgIpc) is 3.53. The number of rotatable bonds is 3. The lowest BCUT2D eigenvalue weighted by molar-refractivity contribution is 0.145. The van der Waals surface area contributed by atoms with E-state index in [0.717, 1.165) is 44.9 Å². The number of pyridine rings is 1. The van der Waals surface area contributed by atoms with Crippen molar-refractivity contribution in [1.82, 2.24) is 39.0 Å². The minimum absolute atomic E-state index is 0.0900. The van der Waals surface area contributed by atoms with Crippen molar-refractivity contribution in [3.05, 3.63) is 44.8 Å². The molecule has 11 nitrogen and oxygen atoms in total. The van der Waals surface area contributed by atoms with Crippen molar-refractivity contribution in [3.8, 4) is 17.1 Å². The summed E-state index contributed by atoms with van der Waals surface area (Å²) in [6.45, 7) is 12.9. The molecule has 4 aromatic heterocycles. The van der Waals surface area contributed by atoms with E-state index in [1.54, 1.807) is 9.36 Å². The second kappa shape index (κ2) is 12.5. The normalized spacial score (nSPS) is 17.6. The van der Waals surface area contributed by atoms with Gasteiger partial charge in [-0.15, -0.1) is 0 Å². The second-order valence-electron chi connectivity index (χ2n) is 9.92. The Morgan fingerprint density at radius 3 is 2.62 bits per heavy atom. The van der Waals surface area contributed by atoms with E-state index in [1.165, 1.54) is 0 Å². The van der Waals surface area contributed by atoms with Gasteiger partial charge in [0, 0.05) is 25.5 Å². The minimum Gasteiger partial charge on any atom is -0.473 e. The quantitative estimate of drug-likeness (QED) is 0.238. The van der Waals surface area contributed by atoms with Crippen LogP contribution >= 0.6 is 28.4 Å². The van der Waals surface area contributed by atoms with Crippen molar-refractivity contribution in [1.29, 1.82) is 0 Å². The SMILES string of the molecule is CC.Cc1nn(C)c2c1-c1cc3c(nn(PI)c3c(C)n1)/C=C/c1c(n(C(C)CO)[nH]c1=O)CN(C)CC(C)O2. The average molecular weight is 681 g/mol. The van der Waals surface area contributed by atoms with Gasteiger partial charge in [0.15, 0.2) is 0 Å². The molecule has 2 bridgehead atoms. The summed E-state index contributed by atoms with van der Waals surface area (Å²) < 4.78 is 12.0. The van der Waals surface area contributed by atoms with Gasteiger partial charge in [-0.3, -0.25) is 24.5 Å². The molecule has 0 radical (unpaired) electrons. The molecule has 1 aliphatic rings. The molecule has 5 rings (SSSR count). The van der Waals surface area contributed by atoms with Gasteiger partial charge in [-0.25, -0.2) is 9.13 Å². The van der Waals surface area contributed by atoms with E-state index < -0.39 is 0 Å².